The molecule has 0 spiro atoms. The summed E-state index contributed by atoms with van der Waals surface area (Å²) >= 11 is 0. The van der Waals surface area contributed by atoms with E-state index in [1.54, 1.807) is 37.2 Å². The van der Waals surface area contributed by atoms with Gasteiger partial charge in [0.05, 0.1) is 34.2 Å². The summed E-state index contributed by atoms with van der Waals surface area (Å²) in [5.41, 5.74) is 8.34. The zero-order valence-corrected chi connectivity index (χ0v) is 21.8. The fourth-order valence-corrected chi connectivity index (χ4v) is 4.92. The van der Waals surface area contributed by atoms with Gasteiger partial charge in [-0.05, 0) is 36.4 Å². The van der Waals surface area contributed by atoms with Crippen molar-refractivity contribution in [1.82, 2.24) is 59.8 Å². The number of benzene rings is 1. The number of rotatable bonds is 6. The van der Waals surface area contributed by atoms with Crippen molar-refractivity contribution < 1.29 is 0 Å². The highest BCUT2D eigenvalue weighted by atomic mass is 14.9. The highest BCUT2D eigenvalue weighted by Crippen LogP contribution is 2.53. The lowest BCUT2D eigenvalue weighted by Crippen LogP contribution is -2.06. The zero-order chi connectivity index (χ0) is 28.1. The van der Waals surface area contributed by atoms with Gasteiger partial charge in [-0.2, -0.15) is 0 Å². The van der Waals surface area contributed by atoms with E-state index in [1.807, 2.05) is 36.4 Å². The van der Waals surface area contributed by atoms with E-state index < -0.39 is 0 Å². The first kappa shape index (κ1) is 24.7. The lowest BCUT2D eigenvalue weighted by molar-refractivity contribution is 1.14. The van der Waals surface area contributed by atoms with E-state index in [0.717, 1.165) is 33.4 Å². The molecule has 0 unspecified atom stereocenters. The van der Waals surface area contributed by atoms with E-state index >= 15 is 0 Å². The molecule has 0 bridgehead atoms. The van der Waals surface area contributed by atoms with Crippen LogP contribution in [0.3, 0.4) is 0 Å². The summed E-state index contributed by atoms with van der Waals surface area (Å²) in [4.78, 5) is 53.3. The van der Waals surface area contributed by atoms with Crippen molar-refractivity contribution in [3.8, 4) is 67.5 Å². The van der Waals surface area contributed by atoms with Gasteiger partial charge in [0.15, 0.2) is 0 Å². The minimum Gasteiger partial charge on any atom is -0.245 e. The molecular weight excluding hydrogens is 528 g/mol. The van der Waals surface area contributed by atoms with Crippen LogP contribution in [0, 0.1) is 0 Å². The van der Waals surface area contributed by atoms with Crippen LogP contribution in [-0.4, -0.2) is 59.8 Å². The lowest BCUT2D eigenvalue weighted by atomic mass is 9.79. The zero-order valence-electron chi connectivity index (χ0n) is 21.8. The van der Waals surface area contributed by atoms with Gasteiger partial charge in [0.1, 0.15) is 38.0 Å². The molecule has 0 saturated heterocycles. The fraction of sp³-hybridized carbons (Fsp3) is 0. The summed E-state index contributed by atoms with van der Waals surface area (Å²) in [6.45, 7) is 0. The summed E-state index contributed by atoms with van der Waals surface area (Å²) < 4.78 is 0. The molecule has 6 heterocycles. The van der Waals surface area contributed by atoms with Crippen LogP contribution in [0.4, 0.5) is 0 Å². The van der Waals surface area contributed by atoms with Crippen molar-refractivity contribution in [2.45, 2.75) is 0 Å². The Hall–Kier alpha value is -6.30. The number of aromatic nitrogens is 12. The molecule has 6 aromatic heterocycles. The molecule has 12 nitrogen and oxygen atoms in total. The van der Waals surface area contributed by atoms with Gasteiger partial charge in [0.25, 0.3) is 0 Å². The molecule has 0 amide bonds. The molecule has 0 fully saturated rings. The Labute approximate surface area is 238 Å². The largest absolute Gasteiger partial charge is 0.245 e. The second-order valence-electron chi connectivity index (χ2n) is 8.82. The molecule has 7 aromatic rings. The van der Waals surface area contributed by atoms with Crippen LogP contribution in [0.1, 0.15) is 0 Å². The van der Waals surface area contributed by atoms with E-state index in [2.05, 4.69) is 29.9 Å². The predicted octanol–water partition coefficient (Wildman–Crippen LogP) is 4.43. The normalized spacial score (nSPS) is 10.9. The van der Waals surface area contributed by atoms with Crippen LogP contribution in [0.2, 0.25) is 0 Å². The van der Waals surface area contributed by atoms with Gasteiger partial charge >= 0.3 is 0 Å². The second-order valence-corrected chi connectivity index (χ2v) is 8.82. The molecule has 1 aromatic carbocycles. The first-order valence-electron chi connectivity index (χ1n) is 12.7. The Morgan fingerprint density at radius 2 is 0.405 bits per heavy atom. The van der Waals surface area contributed by atoms with Gasteiger partial charge < -0.3 is 0 Å². The van der Waals surface area contributed by atoms with Crippen molar-refractivity contribution in [3.63, 3.8) is 0 Å². The summed E-state index contributed by atoms with van der Waals surface area (Å²) in [6, 6.07) is 11.1. The van der Waals surface area contributed by atoms with Gasteiger partial charge in [-0.15, -0.1) is 0 Å². The highest BCUT2D eigenvalue weighted by molar-refractivity contribution is 6.12. The predicted molar refractivity (Wildman–Crippen MR) is 153 cm³/mol. The molecular formula is C30H18N12. The number of hydrogen-bond acceptors (Lipinski definition) is 12. The first-order valence-corrected chi connectivity index (χ1v) is 12.7. The SMILES string of the molecule is c1cc(-c2c(-c3ccncn3)c(-c3ccncn3)c(-c3ccncn3)c(-c3ccncn3)c2-c2ccncn2)ncn1. The smallest absolute Gasteiger partial charge is 0.116 e. The standard InChI is InChI=1S/C30H18N12/c1-7-31-13-37-19(1)25-26(20-2-8-32-14-38-20)28(22-4-10-34-16-40-22)30(24-6-12-36-18-42-24)29(23-5-11-35-17-41-23)27(25)21-3-9-33-15-39-21/h1-18H. The van der Waals surface area contributed by atoms with Gasteiger partial charge in [0, 0.05) is 70.6 Å². The van der Waals surface area contributed by atoms with Gasteiger partial charge in [0.2, 0.25) is 0 Å². The van der Waals surface area contributed by atoms with E-state index in [-0.39, 0.29) is 0 Å². The molecule has 42 heavy (non-hydrogen) atoms. The van der Waals surface area contributed by atoms with Crippen molar-refractivity contribution >= 4 is 0 Å². The first-order chi connectivity index (χ1) is 20.9. The highest BCUT2D eigenvalue weighted by Gasteiger charge is 2.31. The Morgan fingerprint density at radius 1 is 0.238 bits per heavy atom. The third-order valence-electron chi connectivity index (χ3n) is 6.53. The molecule has 0 radical (unpaired) electrons. The Balaban J connectivity index is 1.81. The third-order valence-corrected chi connectivity index (χ3v) is 6.53. The molecule has 7 rings (SSSR count). The third kappa shape index (κ3) is 4.48. The van der Waals surface area contributed by atoms with Crippen molar-refractivity contribution in [1.29, 1.82) is 0 Å². The van der Waals surface area contributed by atoms with Gasteiger partial charge in [-0.3, -0.25) is 0 Å². The Kier molecular flexibility index (Phi) is 6.51. The summed E-state index contributed by atoms with van der Waals surface area (Å²) in [5, 5.41) is 0. The maximum atomic E-state index is 4.70. The summed E-state index contributed by atoms with van der Waals surface area (Å²) in [6.07, 6.45) is 19.2. The maximum absolute atomic E-state index is 4.70. The van der Waals surface area contributed by atoms with Gasteiger partial charge in [-0.1, -0.05) is 0 Å². The van der Waals surface area contributed by atoms with Crippen LogP contribution in [0.15, 0.2) is 112 Å². The average molecular weight is 547 g/mol. The van der Waals surface area contributed by atoms with Crippen LogP contribution in [-0.2, 0) is 0 Å². The second kappa shape index (κ2) is 11.1. The molecule has 0 aliphatic carbocycles. The minimum atomic E-state index is 0.645. The van der Waals surface area contributed by atoms with Crippen LogP contribution in [0.5, 0.6) is 0 Å². The quantitative estimate of drug-likeness (QED) is 0.290. The summed E-state index contributed by atoms with van der Waals surface area (Å²) in [5.74, 6) is 0. The van der Waals surface area contributed by atoms with Crippen molar-refractivity contribution in [2.75, 3.05) is 0 Å². The van der Waals surface area contributed by atoms with E-state index in [4.69, 9.17) is 29.9 Å². The lowest BCUT2D eigenvalue weighted by Gasteiger charge is -2.25. The molecule has 0 saturated carbocycles. The molecule has 198 valence electrons. The monoisotopic (exact) mass is 546 g/mol. The summed E-state index contributed by atoms with van der Waals surface area (Å²) in [7, 11) is 0. The van der Waals surface area contributed by atoms with Crippen LogP contribution in [0.25, 0.3) is 67.5 Å². The van der Waals surface area contributed by atoms with Crippen LogP contribution >= 0.6 is 0 Å². The average Bonchev–Trinajstić information content (AvgIpc) is 3.09. The Bertz CT molecular complexity index is 1550. The molecule has 0 aliphatic rings. The minimum absolute atomic E-state index is 0.645. The van der Waals surface area contributed by atoms with E-state index in [0.29, 0.717) is 34.2 Å². The van der Waals surface area contributed by atoms with E-state index in [1.165, 1.54) is 38.0 Å². The van der Waals surface area contributed by atoms with Gasteiger partial charge in [-0.25, -0.2) is 59.8 Å². The molecule has 0 aliphatic heterocycles. The molecule has 12 heteroatoms. The fourth-order valence-electron chi connectivity index (χ4n) is 4.92. The topological polar surface area (TPSA) is 155 Å². The van der Waals surface area contributed by atoms with E-state index in [9.17, 15) is 0 Å². The Morgan fingerprint density at radius 3 is 0.524 bits per heavy atom. The number of nitrogens with zero attached hydrogens (tertiary/aromatic N) is 12. The van der Waals surface area contributed by atoms with Crippen molar-refractivity contribution in [3.05, 3.63) is 112 Å². The number of hydrogen-bond donors (Lipinski definition) is 0. The van der Waals surface area contributed by atoms with Crippen molar-refractivity contribution in [2.24, 2.45) is 0 Å². The van der Waals surface area contributed by atoms with Crippen LogP contribution < -0.4 is 0 Å². The molecule has 0 atom stereocenters. The maximum Gasteiger partial charge on any atom is 0.116 e. The molecule has 0 N–H and O–H groups in total.